The van der Waals surface area contributed by atoms with Gasteiger partial charge >= 0.3 is 0 Å². The van der Waals surface area contributed by atoms with Gasteiger partial charge in [-0.1, -0.05) is 93.6 Å². The van der Waals surface area contributed by atoms with E-state index in [-0.39, 0.29) is 5.41 Å². The Morgan fingerprint density at radius 2 is 1.13 bits per heavy atom. The van der Waals surface area contributed by atoms with E-state index < -0.39 is 0 Å². The fraction of sp³-hybridized carbons (Fsp3) is 0.217. The quantitative estimate of drug-likeness (QED) is 0.498. The van der Waals surface area contributed by atoms with Crippen molar-refractivity contribution in [1.82, 2.24) is 0 Å². The minimum absolute atomic E-state index is 0.116. The van der Waals surface area contributed by atoms with Crippen LogP contribution in [0.2, 0.25) is 0 Å². The zero-order valence-corrected chi connectivity index (χ0v) is 14.4. The lowest BCUT2D eigenvalue weighted by atomic mass is 9.78. The van der Waals surface area contributed by atoms with Crippen molar-refractivity contribution in [2.75, 3.05) is 0 Å². The minimum Gasteiger partial charge on any atom is -0.0622 e. The van der Waals surface area contributed by atoms with Crippen LogP contribution >= 0.6 is 0 Å². The molecule has 0 radical (unpaired) electrons. The van der Waals surface area contributed by atoms with Gasteiger partial charge in [-0.15, -0.1) is 0 Å². The highest BCUT2D eigenvalue weighted by molar-refractivity contribution is 5.81. The van der Waals surface area contributed by atoms with Gasteiger partial charge in [-0.2, -0.15) is 0 Å². The molecule has 0 fully saturated rings. The van der Waals surface area contributed by atoms with Crippen LogP contribution < -0.4 is 0 Å². The van der Waals surface area contributed by atoms with Crippen molar-refractivity contribution in [3.63, 3.8) is 0 Å². The van der Waals surface area contributed by atoms with Crippen molar-refractivity contribution in [3.05, 3.63) is 83.9 Å². The molecule has 0 saturated carbocycles. The lowest BCUT2D eigenvalue weighted by Gasteiger charge is -2.26. The van der Waals surface area contributed by atoms with E-state index in [0.717, 1.165) is 0 Å². The van der Waals surface area contributed by atoms with Gasteiger partial charge in [-0.3, -0.25) is 0 Å². The molecule has 0 saturated heterocycles. The van der Waals surface area contributed by atoms with Gasteiger partial charge in [-0.05, 0) is 45.7 Å². The van der Waals surface area contributed by atoms with Crippen molar-refractivity contribution in [2.45, 2.75) is 33.1 Å². The van der Waals surface area contributed by atoms with Crippen LogP contribution in [-0.4, -0.2) is 0 Å². The summed E-state index contributed by atoms with van der Waals surface area (Å²) < 4.78 is 0. The van der Waals surface area contributed by atoms with Crippen molar-refractivity contribution in [3.8, 4) is 22.3 Å². The molecule has 0 unspecified atom stereocenters. The summed E-state index contributed by atoms with van der Waals surface area (Å²) in [4.78, 5) is 0. The molecule has 3 rings (SSSR count). The first kappa shape index (κ1) is 15.6. The van der Waals surface area contributed by atoms with E-state index in [1.165, 1.54) is 33.4 Å². The normalized spacial score (nSPS) is 11.5. The van der Waals surface area contributed by atoms with Gasteiger partial charge in [0.05, 0.1) is 0 Å². The van der Waals surface area contributed by atoms with Gasteiger partial charge in [0, 0.05) is 0 Å². The Hall–Kier alpha value is -2.34. The molecule has 23 heavy (non-hydrogen) atoms. The second kappa shape index (κ2) is 6.04. The Balaban J connectivity index is 2.29. The lowest BCUT2D eigenvalue weighted by molar-refractivity contribution is 0.591. The first-order valence-electron chi connectivity index (χ1n) is 8.23. The van der Waals surface area contributed by atoms with Gasteiger partial charge < -0.3 is 0 Å². The Bertz CT molecular complexity index is 791. The number of rotatable bonds is 2. The van der Waals surface area contributed by atoms with Gasteiger partial charge in [0.1, 0.15) is 0 Å². The maximum atomic E-state index is 2.30. The minimum atomic E-state index is 0.116. The fourth-order valence-electron chi connectivity index (χ4n) is 3.24. The van der Waals surface area contributed by atoms with Crippen molar-refractivity contribution in [1.29, 1.82) is 0 Å². The van der Waals surface area contributed by atoms with E-state index in [4.69, 9.17) is 0 Å². The van der Waals surface area contributed by atoms with Gasteiger partial charge in [0.2, 0.25) is 0 Å². The second-order valence-electron chi connectivity index (χ2n) is 7.14. The molecule has 0 nitrogen and oxygen atoms in total. The molecule has 3 aromatic carbocycles. The molecule has 0 heteroatoms. The van der Waals surface area contributed by atoms with Crippen molar-refractivity contribution < 1.29 is 0 Å². The molecule has 0 aliphatic heterocycles. The third-order valence-corrected chi connectivity index (χ3v) is 4.42. The summed E-state index contributed by atoms with van der Waals surface area (Å²) in [6.07, 6.45) is 0. The molecule has 0 aliphatic rings. The van der Waals surface area contributed by atoms with E-state index in [1.54, 1.807) is 0 Å². The largest absolute Gasteiger partial charge is 0.0622 e. The van der Waals surface area contributed by atoms with Crippen LogP contribution in [0.15, 0.2) is 72.8 Å². The highest BCUT2D eigenvalue weighted by Gasteiger charge is 2.21. The molecule has 0 spiro atoms. The first-order valence-corrected chi connectivity index (χ1v) is 8.23. The third-order valence-electron chi connectivity index (χ3n) is 4.42. The zero-order chi connectivity index (χ0) is 16.4. The topological polar surface area (TPSA) is 0 Å². The number of benzene rings is 3. The van der Waals surface area contributed by atoms with E-state index in [0.29, 0.717) is 0 Å². The van der Waals surface area contributed by atoms with Gasteiger partial charge in [-0.25, -0.2) is 0 Å². The SMILES string of the molecule is Cc1c(-c2ccccc2)ccc(C(C)(C)C)c1-c1ccccc1. The van der Waals surface area contributed by atoms with E-state index in [2.05, 4.69) is 100 Å². The second-order valence-corrected chi connectivity index (χ2v) is 7.14. The predicted molar refractivity (Wildman–Crippen MR) is 101 cm³/mol. The Labute approximate surface area is 139 Å². The summed E-state index contributed by atoms with van der Waals surface area (Å²) in [5.41, 5.74) is 8.15. The molecule has 116 valence electrons. The smallest absolute Gasteiger partial charge is 0.0111 e. The molecule has 0 bridgehead atoms. The highest BCUT2D eigenvalue weighted by atomic mass is 14.3. The molecular formula is C23H24. The van der Waals surface area contributed by atoms with Crippen LogP contribution in [0, 0.1) is 6.92 Å². The van der Waals surface area contributed by atoms with Crippen LogP contribution in [0.1, 0.15) is 31.9 Å². The van der Waals surface area contributed by atoms with E-state index >= 15 is 0 Å². The number of hydrogen-bond acceptors (Lipinski definition) is 0. The Morgan fingerprint density at radius 3 is 1.65 bits per heavy atom. The van der Waals surface area contributed by atoms with Crippen LogP contribution in [-0.2, 0) is 5.41 Å². The average Bonchev–Trinajstić information content (AvgIpc) is 2.55. The first-order chi connectivity index (χ1) is 11.0. The number of hydrogen-bond donors (Lipinski definition) is 0. The van der Waals surface area contributed by atoms with Gasteiger partial charge in [0.15, 0.2) is 0 Å². The standard InChI is InChI=1S/C23H24/c1-17-20(18-11-7-5-8-12-18)15-16-21(23(2,3)4)22(17)19-13-9-6-10-14-19/h5-16H,1-4H3. The monoisotopic (exact) mass is 300 g/mol. The van der Waals surface area contributed by atoms with Crippen LogP contribution in [0.4, 0.5) is 0 Å². The van der Waals surface area contributed by atoms with Crippen molar-refractivity contribution in [2.24, 2.45) is 0 Å². The summed E-state index contributed by atoms with van der Waals surface area (Å²) in [5, 5.41) is 0. The van der Waals surface area contributed by atoms with Crippen LogP contribution in [0.3, 0.4) is 0 Å². The predicted octanol–water partition coefficient (Wildman–Crippen LogP) is 6.63. The van der Waals surface area contributed by atoms with Crippen LogP contribution in [0.25, 0.3) is 22.3 Å². The van der Waals surface area contributed by atoms with E-state index in [1.807, 2.05) is 0 Å². The molecule has 0 atom stereocenters. The summed E-state index contributed by atoms with van der Waals surface area (Å²) in [5.74, 6) is 0. The molecular weight excluding hydrogens is 276 g/mol. The van der Waals surface area contributed by atoms with Gasteiger partial charge in [0.25, 0.3) is 0 Å². The fourth-order valence-corrected chi connectivity index (χ4v) is 3.24. The molecule has 0 N–H and O–H groups in total. The lowest BCUT2D eigenvalue weighted by Crippen LogP contribution is -2.14. The molecule has 0 heterocycles. The average molecular weight is 300 g/mol. The summed E-state index contributed by atoms with van der Waals surface area (Å²) in [7, 11) is 0. The van der Waals surface area contributed by atoms with Crippen molar-refractivity contribution >= 4 is 0 Å². The summed E-state index contributed by atoms with van der Waals surface area (Å²) in [6, 6.07) is 26.0. The zero-order valence-electron chi connectivity index (χ0n) is 14.4. The maximum absolute atomic E-state index is 2.30. The third kappa shape index (κ3) is 3.07. The molecule has 3 aromatic rings. The van der Waals surface area contributed by atoms with E-state index in [9.17, 15) is 0 Å². The summed E-state index contributed by atoms with van der Waals surface area (Å²) in [6.45, 7) is 9.11. The molecule has 0 amide bonds. The Kier molecular flexibility index (Phi) is 4.09. The Morgan fingerprint density at radius 1 is 0.609 bits per heavy atom. The maximum Gasteiger partial charge on any atom is -0.0111 e. The summed E-state index contributed by atoms with van der Waals surface area (Å²) >= 11 is 0. The molecule has 0 aromatic heterocycles. The molecule has 0 aliphatic carbocycles. The van der Waals surface area contributed by atoms with Crippen LogP contribution in [0.5, 0.6) is 0 Å². The highest BCUT2D eigenvalue weighted by Crippen LogP contribution is 2.39.